The lowest BCUT2D eigenvalue weighted by atomic mass is 10.1. The predicted octanol–water partition coefficient (Wildman–Crippen LogP) is 2.60. The van der Waals surface area contributed by atoms with E-state index in [0.29, 0.717) is 43.3 Å². The molecule has 1 N–H and O–H groups in total. The Morgan fingerprint density at radius 1 is 1.14 bits per heavy atom. The van der Waals surface area contributed by atoms with E-state index >= 15 is 0 Å². The highest BCUT2D eigenvalue weighted by Crippen LogP contribution is 2.24. The molecule has 1 saturated heterocycles. The molecular weight excluding hydrogens is 392 g/mol. The normalized spacial score (nSPS) is 15.1. The standard InChI is InChI=1S/C21H26N2O5S/c1-3-17-4-6-18(7-5-17)22-21(24)15-28-20-9-8-19(14-16(20)2)29(25,26)23-10-12-27-13-11-23/h4-9,14H,3,10-13,15H2,1-2H3,(H,22,24). The Bertz CT molecular complexity index is 952. The molecule has 0 aliphatic carbocycles. The monoisotopic (exact) mass is 418 g/mol. The second kappa shape index (κ2) is 9.39. The summed E-state index contributed by atoms with van der Waals surface area (Å²) in [5.74, 6) is 0.195. The fourth-order valence-electron chi connectivity index (χ4n) is 3.04. The number of morpholine rings is 1. The van der Waals surface area contributed by atoms with Gasteiger partial charge in [0.1, 0.15) is 5.75 Å². The number of amides is 1. The lowest BCUT2D eigenvalue weighted by molar-refractivity contribution is -0.118. The van der Waals surface area contributed by atoms with Crippen LogP contribution in [0.15, 0.2) is 47.4 Å². The number of benzene rings is 2. The van der Waals surface area contributed by atoms with E-state index < -0.39 is 10.0 Å². The van der Waals surface area contributed by atoms with E-state index in [1.54, 1.807) is 19.1 Å². The third kappa shape index (κ3) is 5.35. The van der Waals surface area contributed by atoms with Gasteiger partial charge < -0.3 is 14.8 Å². The van der Waals surface area contributed by atoms with Crippen molar-refractivity contribution in [3.63, 3.8) is 0 Å². The molecule has 8 heteroatoms. The zero-order chi connectivity index (χ0) is 20.9. The first-order chi connectivity index (χ1) is 13.9. The summed E-state index contributed by atoms with van der Waals surface area (Å²) in [6, 6.07) is 12.3. The molecule has 0 radical (unpaired) electrons. The van der Waals surface area contributed by atoms with E-state index in [1.807, 2.05) is 24.3 Å². The topological polar surface area (TPSA) is 84.9 Å². The van der Waals surface area contributed by atoms with Crippen molar-refractivity contribution in [3.8, 4) is 5.75 Å². The number of hydrogen-bond acceptors (Lipinski definition) is 5. The highest BCUT2D eigenvalue weighted by atomic mass is 32.2. The number of carbonyl (C=O) groups excluding carboxylic acids is 1. The number of sulfonamides is 1. The van der Waals surface area contributed by atoms with Gasteiger partial charge in [0.15, 0.2) is 6.61 Å². The fourth-order valence-corrected chi connectivity index (χ4v) is 4.54. The van der Waals surface area contributed by atoms with Crippen LogP contribution in [0.4, 0.5) is 5.69 Å². The Morgan fingerprint density at radius 3 is 2.45 bits per heavy atom. The molecule has 7 nitrogen and oxygen atoms in total. The van der Waals surface area contributed by atoms with Crippen molar-refractivity contribution in [2.24, 2.45) is 0 Å². The molecule has 0 aromatic heterocycles. The van der Waals surface area contributed by atoms with Gasteiger partial charge in [0.05, 0.1) is 18.1 Å². The number of anilines is 1. The van der Waals surface area contributed by atoms with Crippen LogP contribution in [-0.2, 0) is 26.0 Å². The molecule has 0 bridgehead atoms. The van der Waals surface area contributed by atoms with Crippen LogP contribution < -0.4 is 10.1 Å². The van der Waals surface area contributed by atoms with Crippen molar-refractivity contribution in [1.29, 1.82) is 0 Å². The summed E-state index contributed by atoms with van der Waals surface area (Å²) in [7, 11) is -3.56. The summed E-state index contributed by atoms with van der Waals surface area (Å²) >= 11 is 0. The van der Waals surface area contributed by atoms with Gasteiger partial charge in [0.25, 0.3) is 5.91 Å². The number of carbonyl (C=O) groups is 1. The van der Waals surface area contributed by atoms with Gasteiger partial charge in [-0.3, -0.25) is 4.79 Å². The number of aryl methyl sites for hydroxylation is 2. The lowest BCUT2D eigenvalue weighted by Crippen LogP contribution is -2.40. The van der Waals surface area contributed by atoms with Crippen molar-refractivity contribution in [3.05, 3.63) is 53.6 Å². The van der Waals surface area contributed by atoms with Gasteiger partial charge in [0.2, 0.25) is 10.0 Å². The van der Waals surface area contributed by atoms with Crippen LogP contribution in [0, 0.1) is 6.92 Å². The minimum Gasteiger partial charge on any atom is -0.483 e. The SMILES string of the molecule is CCc1ccc(NC(=O)COc2ccc(S(=O)(=O)N3CCOCC3)cc2C)cc1. The van der Waals surface area contributed by atoms with Crippen LogP contribution in [0.1, 0.15) is 18.1 Å². The summed E-state index contributed by atoms with van der Waals surface area (Å²) in [5, 5.41) is 2.78. The van der Waals surface area contributed by atoms with E-state index in [0.717, 1.165) is 6.42 Å². The Hall–Kier alpha value is -2.42. The highest BCUT2D eigenvalue weighted by molar-refractivity contribution is 7.89. The molecule has 0 unspecified atom stereocenters. The molecule has 1 heterocycles. The molecule has 156 valence electrons. The Kier molecular flexibility index (Phi) is 6.89. The zero-order valence-corrected chi connectivity index (χ0v) is 17.5. The summed E-state index contributed by atoms with van der Waals surface area (Å²) in [5.41, 5.74) is 2.56. The number of nitrogens with zero attached hydrogens (tertiary/aromatic N) is 1. The van der Waals surface area contributed by atoms with Gasteiger partial charge in [-0.15, -0.1) is 0 Å². The zero-order valence-electron chi connectivity index (χ0n) is 16.7. The number of ether oxygens (including phenoxy) is 2. The number of rotatable bonds is 7. The molecule has 1 aliphatic heterocycles. The van der Waals surface area contributed by atoms with Gasteiger partial charge in [-0.05, 0) is 54.8 Å². The van der Waals surface area contributed by atoms with Crippen LogP contribution in [0.5, 0.6) is 5.75 Å². The van der Waals surface area contributed by atoms with Crippen molar-refractivity contribution < 1.29 is 22.7 Å². The number of nitrogens with one attached hydrogen (secondary N) is 1. The maximum absolute atomic E-state index is 12.7. The first-order valence-corrected chi connectivity index (χ1v) is 11.0. The van der Waals surface area contributed by atoms with Crippen LogP contribution in [-0.4, -0.2) is 51.5 Å². The Labute approximate surface area is 171 Å². The fraction of sp³-hybridized carbons (Fsp3) is 0.381. The van der Waals surface area contributed by atoms with Crippen molar-refractivity contribution >= 4 is 21.6 Å². The quantitative estimate of drug-likeness (QED) is 0.747. The second-order valence-corrected chi connectivity index (χ2v) is 8.77. The van der Waals surface area contributed by atoms with Crippen LogP contribution in [0.2, 0.25) is 0 Å². The van der Waals surface area contributed by atoms with Crippen LogP contribution >= 0.6 is 0 Å². The molecule has 0 spiro atoms. The van der Waals surface area contributed by atoms with Gasteiger partial charge in [0, 0.05) is 18.8 Å². The van der Waals surface area contributed by atoms with Crippen molar-refractivity contribution in [1.82, 2.24) is 4.31 Å². The van der Waals surface area contributed by atoms with E-state index in [-0.39, 0.29) is 17.4 Å². The first-order valence-electron chi connectivity index (χ1n) is 9.60. The predicted molar refractivity (Wildman–Crippen MR) is 111 cm³/mol. The molecule has 1 fully saturated rings. The molecule has 1 amide bonds. The maximum Gasteiger partial charge on any atom is 0.262 e. The Morgan fingerprint density at radius 2 is 1.83 bits per heavy atom. The average Bonchev–Trinajstić information content (AvgIpc) is 2.74. The smallest absolute Gasteiger partial charge is 0.262 e. The lowest BCUT2D eigenvalue weighted by Gasteiger charge is -2.26. The molecule has 3 rings (SSSR count). The third-order valence-corrected chi connectivity index (χ3v) is 6.65. The average molecular weight is 419 g/mol. The van der Waals surface area contributed by atoms with Gasteiger partial charge in [-0.1, -0.05) is 19.1 Å². The molecule has 2 aromatic carbocycles. The highest BCUT2D eigenvalue weighted by Gasteiger charge is 2.26. The summed E-state index contributed by atoms with van der Waals surface area (Å²) in [6.07, 6.45) is 0.938. The molecule has 0 atom stereocenters. The van der Waals surface area contributed by atoms with E-state index in [4.69, 9.17) is 9.47 Å². The van der Waals surface area contributed by atoms with E-state index in [1.165, 1.54) is 15.9 Å². The first kappa shape index (κ1) is 21.3. The Balaban J connectivity index is 1.60. The van der Waals surface area contributed by atoms with Crippen molar-refractivity contribution in [2.45, 2.75) is 25.2 Å². The van der Waals surface area contributed by atoms with E-state index in [2.05, 4.69) is 12.2 Å². The molecular formula is C21H26N2O5S. The van der Waals surface area contributed by atoms with Gasteiger partial charge in [-0.2, -0.15) is 4.31 Å². The molecule has 2 aromatic rings. The van der Waals surface area contributed by atoms with Gasteiger partial charge >= 0.3 is 0 Å². The molecule has 1 aliphatic rings. The minimum atomic E-state index is -3.56. The minimum absolute atomic E-state index is 0.161. The molecule has 29 heavy (non-hydrogen) atoms. The maximum atomic E-state index is 12.7. The largest absolute Gasteiger partial charge is 0.483 e. The van der Waals surface area contributed by atoms with E-state index in [9.17, 15) is 13.2 Å². The van der Waals surface area contributed by atoms with Crippen LogP contribution in [0.3, 0.4) is 0 Å². The molecule has 0 saturated carbocycles. The number of hydrogen-bond donors (Lipinski definition) is 1. The van der Waals surface area contributed by atoms with Gasteiger partial charge in [-0.25, -0.2) is 8.42 Å². The van der Waals surface area contributed by atoms with Crippen LogP contribution in [0.25, 0.3) is 0 Å². The summed E-state index contributed by atoms with van der Waals surface area (Å²) in [4.78, 5) is 12.3. The summed E-state index contributed by atoms with van der Waals surface area (Å²) < 4.78 is 37.7. The van der Waals surface area contributed by atoms with Crippen molar-refractivity contribution in [2.75, 3.05) is 38.2 Å². The second-order valence-electron chi connectivity index (χ2n) is 6.83. The third-order valence-electron chi connectivity index (χ3n) is 4.76. The summed E-state index contributed by atoms with van der Waals surface area (Å²) in [6.45, 7) is 5.16.